The van der Waals surface area contributed by atoms with Crippen LogP contribution in [0.15, 0.2) is 0 Å². The van der Waals surface area contributed by atoms with E-state index in [0.717, 1.165) is 25.7 Å². The van der Waals surface area contributed by atoms with Crippen LogP contribution in [-0.2, 0) is 4.79 Å². The van der Waals surface area contributed by atoms with E-state index in [4.69, 9.17) is 5.11 Å². The molecule has 3 nitrogen and oxygen atoms in total. The van der Waals surface area contributed by atoms with Gasteiger partial charge in [-0.1, -0.05) is 135 Å². The lowest BCUT2D eigenvalue weighted by molar-refractivity contribution is -0.137. The Bertz CT molecular complexity index is 343. The van der Waals surface area contributed by atoms with Crippen LogP contribution in [0.25, 0.3) is 0 Å². The molecule has 0 aromatic heterocycles. The molecule has 1 unspecified atom stereocenters. The Kier molecular flexibility index (Phi) is 24.2. The van der Waals surface area contributed by atoms with Crippen molar-refractivity contribution in [2.24, 2.45) is 0 Å². The van der Waals surface area contributed by atoms with E-state index >= 15 is 0 Å². The quantitative estimate of drug-likeness (QED) is 0.143. The van der Waals surface area contributed by atoms with Gasteiger partial charge < -0.3 is 10.2 Å². The topological polar surface area (TPSA) is 57.5 Å². The monoisotopic (exact) mass is 426 g/mol. The van der Waals surface area contributed by atoms with Gasteiger partial charge >= 0.3 is 5.97 Å². The predicted octanol–water partition coefficient (Wildman–Crippen LogP) is 8.81. The third-order valence-corrected chi connectivity index (χ3v) is 6.32. The molecule has 0 aromatic carbocycles. The maximum atomic E-state index is 10.4. The zero-order chi connectivity index (χ0) is 22.1. The Labute approximate surface area is 188 Å². The molecule has 0 aliphatic rings. The van der Waals surface area contributed by atoms with Crippen molar-refractivity contribution in [3.63, 3.8) is 0 Å². The van der Waals surface area contributed by atoms with Crippen molar-refractivity contribution in [3.8, 4) is 0 Å². The molecule has 0 heterocycles. The summed E-state index contributed by atoms with van der Waals surface area (Å²) < 4.78 is 0. The average Bonchev–Trinajstić information content (AvgIpc) is 2.72. The highest BCUT2D eigenvalue weighted by atomic mass is 16.4. The molecule has 2 N–H and O–H groups in total. The average molecular weight is 427 g/mol. The van der Waals surface area contributed by atoms with Gasteiger partial charge in [0.25, 0.3) is 0 Å². The molecule has 0 saturated carbocycles. The molecule has 0 spiro atoms. The summed E-state index contributed by atoms with van der Waals surface area (Å²) in [7, 11) is 0. The summed E-state index contributed by atoms with van der Waals surface area (Å²) >= 11 is 0. The van der Waals surface area contributed by atoms with Crippen LogP contribution in [0, 0.1) is 0 Å². The second-order valence-corrected chi connectivity index (χ2v) is 9.45. The maximum absolute atomic E-state index is 10.4. The van der Waals surface area contributed by atoms with Gasteiger partial charge in [0.15, 0.2) is 0 Å². The van der Waals surface area contributed by atoms with E-state index in [9.17, 15) is 9.90 Å². The molecule has 0 rings (SSSR count). The Morgan fingerprint density at radius 3 is 1.17 bits per heavy atom. The van der Waals surface area contributed by atoms with Gasteiger partial charge in [-0.15, -0.1) is 0 Å². The smallest absolute Gasteiger partial charge is 0.303 e. The van der Waals surface area contributed by atoms with Gasteiger partial charge in [-0.3, -0.25) is 4.79 Å². The van der Waals surface area contributed by atoms with E-state index in [-0.39, 0.29) is 6.10 Å². The predicted molar refractivity (Wildman–Crippen MR) is 130 cm³/mol. The van der Waals surface area contributed by atoms with Gasteiger partial charge in [0, 0.05) is 6.42 Å². The lowest BCUT2D eigenvalue weighted by atomic mass is 10.0. The van der Waals surface area contributed by atoms with Gasteiger partial charge in [0.05, 0.1) is 6.10 Å². The van der Waals surface area contributed by atoms with E-state index in [1.807, 2.05) is 0 Å². The first-order valence-electron chi connectivity index (χ1n) is 13.6. The number of aliphatic hydroxyl groups is 1. The largest absolute Gasteiger partial charge is 0.481 e. The van der Waals surface area contributed by atoms with Crippen molar-refractivity contribution in [1.82, 2.24) is 0 Å². The van der Waals surface area contributed by atoms with Crippen LogP contribution in [-0.4, -0.2) is 22.3 Å². The molecule has 0 radical (unpaired) electrons. The van der Waals surface area contributed by atoms with Crippen LogP contribution in [0.4, 0.5) is 0 Å². The van der Waals surface area contributed by atoms with Crippen LogP contribution < -0.4 is 0 Å². The molecule has 3 heteroatoms. The van der Waals surface area contributed by atoms with Gasteiger partial charge in [-0.2, -0.15) is 0 Å². The van der Waals surface area contributed by atoms with Crippen molar-refractivity contribution < 1.29 is 15.0 Å². The standard InChI is InChI=1S/C27H54O3/c1-2-3-4-5-14-17-20-23-26(28)24-21-18-15-12-10-8-6-7-9-11-13-16-19-22-25-27(29)30/h26,28H,2-25H2,1H3,(H,29,30). The van der Waals surface area contributed by atoms with E-state index in [1.165, 1.54) is 122 Å². The number of rotatable bonds is 25. The molecular formula is C27H54O3. The number of unbranched alkanes of at least 4 members (excludes halogenated alkanes) is 19. The fourth-order valence-corrected chi connectivity index (χ4v) is 4.26. The van der Waals surface area contributed by atoms with Crippen molar-refractivity contribution in [3.05, 3.63) is 0 Å². The zero-order valence-electron chi connectivity index (χ0n) is 20.4. The molecule has 0 aromatic rings. The molecule has 0 bridgehead atoms. The third-order valence-electron chi connectivity index (χ3n) is 6.32. The minimum absolute atomic E-state index is 0.0576. The fourth-order valence-electron chi connectivity index (χ4n) is 4.26. The highest BCUT2D eigenvalue weighted by Gasteiger charge is 2.03. The molecule has 1 atom stereocenters. The number of aliphatic hydroxyl groups excluding tert-OH is 1. The molecule has 0 saturated heterocycles. The lowest BCUT2D eigenvalue weighted by Gasteiger charge is -2.10. The first-order chi connectivity index (χ1) is 14.7. The normalized spacial score (nSPS) is 12.3. The third kappa shape index (κ3) is 25.5. The number of carbonyl (C=O) groups is 1. The summed E-state index contributed by atoms with van der Waals surface area (Å²) in [6.45, 7) is 2.26. The van der Waals surface area contributed by atoms with E-state index in [2.05, 4.69) is 6.92 Å². The van der Waals surface area contributed by atoms with Crippen LogP contribution in [0.3, 0.4) is 0 Å². The number of carboxylic acid groups (broad SMARTS) is 1. The first kappa shape index (κ1) is 29.4. The highest BCUT2D eigenvalue weighted by molar-refractivity contribution is 5.66. The molecule has 0 aliphatic carbocycles. The van der Waals surface area contributed by atoms with Crippen LogP contribution in [0.2, 0.25) is 0 Å². The summed E-state index contributed by atoms with van der Waals surface area (Å²) in [5.41, 5.74) is 0. The lowest BCUT2D eigenvalue weighted by Crippen LogP contribution is -2.05. The summed E-state index contributed by atoms with van der Waals surface area (Å²) in [6.07, 6.45) is 29.3. The van der Waals surface area contributed by atoms with Gasteiger partial charge in [0.2, 0.25) is 0 Å². The summed E-state index contributed by atoms with van der Waals surface area (Å²) in [5.74, 6) is -0.661. The molecule has 180 valence electrons. The SMILES string of the molecule is CCCCCCCCCC(O)CCCCCCCCCCCCCCCCC(=O)O. The second kappa shape index (κ2) is 24.7. The first-order valence-corrected chi connectivity index (χ1v) is 13.6. The molecule has 30 heavy (non-hydrogen) atoms. The Hall–Kier alpha value is -0.570. The van der Waals surface area contributed by atoms with E-state index < -0.39 is 5.97 Å². The maximum Gasteiger partial charge on any atom is 0.303 e. The summed E-state index contributed by atoms with van der Waals surface area (Å²) in [5, 5.41) is 18.7. The summed E-state index contributed by atoms with van der Waals surface area (Å²) in [4.78, 5) is 10.4. The van der Waals surface area contributed by atoms with E-state index in [1.54, 1.807) is 0 Å². The van der Waals surface area contributed by atoms with Crippen molar-refractivity contribution in [2.45, 2.75) is 167 Å². The Morgan fingerprint density at radius 2 is 0.833 bits per heavy atom. The van der Waals surface area contributed by atoms with Gasteiger partial charge in [-0.05, 0) is 19.3 Å². The zero-order valence-corrected chi connectivity index (χ0v) is 20.4. The van der Waals surface area contributed by atoms with Crippen LogP contribution >= 0.6 is 0 Å². The van der Waals surface area contributed by atoms with Gasteiger partial charge in [0.1, 0.15) is 0 Å². The number of carboxylic acids is 1. The van der Waals surface area contributed by atoms with Gasteiger partial charge in [-0.25, -0.2) is 0 Å². The second-order valence-electron chi connectivity index (χ2n) is 9.45. The molecular weight excluding hydrogens is 372 g/mol. The minimum Gasteiger partial charge on any atom is -0.481 e. The summed E-state index contributed by atoms with van der Waals surface area (Å²) in [6, 6.07) is 0. The fraction of sp³-hybridized carbons (Fsp3) is 0.963. The number of aliphatic carboxylic acids is 1. The minimum atomic E-state index is -0.661. The van der Waals surface area contributed by atoms with Crippen molar-refractivity contribution in [1.29, 1.82) is 0 Å². The Morgan fingerprint density at radius 1 is 0.533 bits per heavy atom. The van der Waals surface area contributed by atoms with Crippen LogP contribution in [0.1, 0.15) is 161 Å². The highest BCUT2D eigenvalue weighted by Crippen LogP contribution is 2.16. The van der Waals surface area contributed by atoms with Crippen LogP contribution in [0.5, 0.6) is 0 Å². The number of hydrogen-bond acceptors (Lipinski definition) is 2. The molecule has 0 aliphatic heterocycles. The van der Waals surface area contributed by atoms with Crippen molar-refractivity contribution >= 4 is 5.97 Å². The van der Waals surface area contributed by atoms with Crippen molar-refractivity contribution in [2.75, 3.05) is 0 Å². The molecule has 0 fully saturated rings. The van der Waals surface area contributed by atoms with E-state index in [0.29, 0.717) is 6.42 Å². The molecule has 0 amide bonds. The Balaban J connectivity index is 3.12. The number of hydrogen-bond donors (Lipinski definition) is 2.